The average Bonchev–Trinajstić information content (AvgIpc) is 2.95. The van der Waals surface area contributed by atoms with E-state index in [4.69, 9.17) is 5.11 Å². The van der Waals surface area contributed by atoms with E-state index in [-0.39, 0.29) is 12.5 Å². The van der Waals surface area contributed by atoms with Crippen LogP contribution in [0, 0.1) is 18.8 Å². The van der Waals surface area contributed by atoms with E-state index in [9.17, 15) is 4.79 Å². The summed E-state index contributed by atoms with van der Waals surface area (Å²) in [4.78, 5) is 12.1. The monoisotopic (exact) mass is 285 g/mol. The number of aliphatic hydroxyl groups is 1. The van der Waals surface area contributed by atoms with Gasteiger partial charge in [0.15, 0.2) is 0 Å². The average molecular weight is 285 g/mol. The molecular weight excluding hydrogens is 270 g/mol. The molecule has 3 nitrogen and oxygen atoms in total. The fourth-order valence-corrected chi connectivity index (χ4v) is 2.47. The molecule has 2 aromatic rings. The van der Waals surface area contributed by atoms with E-state index in [0.717, 1.165) is 16.7 Å². The zero-order chi connectivity index (χ0) is 14.4. The van der Waals surface area contributed by atoms with E-state index < -0.39 is 0 Å². The highest BCUT2D eigenvalue weighted by Gasteiger charge is 2.07. The second kappa shape index (κ2) is 6.90. The maximum Gasteiger partial charge on any atom is 0.251 e. The summed E-state index contributed by atoms with van der Waals surface area (Å²) in [5.74, 6) is 5.29. The highest BCUT2D eigenvalue weighted by Crippen LogP contribution is 2.10. The summed E-state index contributed by atoms with van der Waals surface area (Å²) < 4.78 is 0. The number of amides is 1. The Morgan fingerprint density at radius 1 is 1.40 bits per heavy atom. The van der Waals surface area contributed by atoms with Crippen molar-refractivity contribution >= 4 is 17.2 Å². The fraction of sp³-hybridized carbons (Fsp3) is 0.188. The fourth-order valence-electron chi connectivity index (χ4n) is 1.81. The molecule has 2 rings (SSSR count). The lowest BCUT2D eigenvalue weighted by Crippen LogP contribution is -2.22. The second-order valence-corrected chi connectivity index (χ2v) is 5.14. The van der Waals surface area contributed by atoms with Gasteiger partial charge in [0.2, 0.25) is 0 Å². The van der Waals surface area contributed by atoms with Gasteiger partial charge >= 0.3 is 0 Å². The number of carbonyl (C=O) groups is 1. The van der Waals surface area contributed by atoms with Crippen molar-refractivity contribution in [3.8, 4) is 11.8 Å². The van der Waals surface area contributed by atoms with Gasteiger partial charge in [-0.05, 0) is 53.1 Å². The van der Waals surface area contributed by atoms with E-state index in [1.54, 1.807) is 17.4 Å². The molecule has 0 aliphatic rings. The highest BCUT2D eigenvalue weighted by atomic mass is 32.1. The van der Waals surface area contributed by atoms with Gasteiger partial charge < -0.3 is 10.4 Å². The predicted molar refractivity (Wildman–Crippen MR) is 80.6 cm³/mol. The first kappa shape index (κ1) is 14.3. The molecule has 0 radical (unpaired) electrons. The first-order valence-electron chi connectivity index (χ1n) is 6.20. The number of rotatable bonds is 3. The third kappa shape index (κ3) is 3.95. The van der Waals surface area contributed by atoms with Gasteiger partial charge in [-0.15, -0.1) is 0 Å². The molecule has 0 unspecified atom stereocenters. The van der Waals surface area contributed by atoms with Crippen molar-refractivity contribution in [3.05, 3.63) is 57.3 Å². The van der Waals surface area contributed by atoms with Crippen LogP contribution in [0.25, 0.3) is 0 Å². The van der Waals surface area contributed by atoms with Crippen LogP contribution < -0.4 is 5.32 Å². The lowest BCUT2D eigenvalue weighted by molar-refractivity contribution is 0.0951. The summed E-state index contributed by atoms with van der Waals surface area (Å²) in [6.45, 7) is 2.25. The molecule has 0 fully saturated rings. The Morgan fingerprint density at radius 2 is 2.25 bits per heavy atom. The Bertz CT molecular complexity index is 651. The van der Waals surface area contributed by atoms with Crippen molar-refractivity contribution in [1.29, 1.82) is 0 Å². The third-order valence-corrected chi connectivity index (χ3v) is 3.42. The molecule has 2 N–H and O–H groups in total. The number of aliphatic hydroxyl groups excluding tert-OH is 1. The topological polar surface area (TPSA) is 49.3 Å². The number of nitrogens with one attached hydrogen (secondary N) is 1. The van der Waals surface area contributed by atoms with Crippen molar-refractivity contribution in [3.63, 3.8) is 0 Å². The van der Waals surface area contributed by atoms with Gasteiger partial charge in [0.05, 0.1) is 0 Å². The zero-order valence-corrected chi connectivity index (χ0v) is 12.0. The van der Waals surface area contributed by atoms with E-state index in [1.807, 2.05) is 35.9 Å². The molecular formula is C16H15NO2S. The largest absolute Gasteiger partial charge is 0.384 e. The molecule has 4 heteroatoms. The lowest BCUT2D eigenvalue weighted by atomic mass is 10.1. The number of thiophene rings is 1. The zero-order valence-electron chi connectivity index (χ0n) is 11.1. The van der Waals surface area contributed by atoms with E-state index in [1.165, 1.54) is 0 Å². The van der Waals surface area contributed by atoms with Crippen LogP contribution in [0.1, 0.15) is 27.0 Å². The number of hydrogen-bond acceptors (Lipinski definition) is 3. The normalized spacial score (nSPS) is 9.70. The molecule has 102 valence electrons. The Morgan fingerprint density at radius 3 is 2.95 bits per heavy atom. The molecule has 1 heterocycles. The number of aryl methyl sites for hydroxylation is 1. The van der Waals surface area contributed by atoms with Crippen molar-refractivity contribution in [2.75, 3.05) is 6.61 Å². The van der Waals surface area contributed by atoms with Gasteiger partial charge in [0, 0.05) is 17.7 Å². The molecule has 1 aromatic carbocycles. The van der Waals surface area contributed by atoms with E-state index in [2.05, 4.69) is 17.2 Å². The van der Waals surface area contributed by atoms with Crippen molar-refractivity contribution < 1.29 is 9.90 Å². The summed E-state index contributed by atoms with van der Waals surface area (Å²) in [7, 11) is 0. The molecule has 0 bridgehead atoms. The number of carbonyl (C=O) groups excluding carboxylic acids is 1. The smallest absolute Gasteiger partial charge is 0.251 e. The van der Waals surface area contributed by atoms with Crippen LogP contribution in [0.15, 0.2) is 35.0 Å². The lowest BCUT2D eigenvalue weighted by Gasteiger charge is -2.06. The van der Waals surface area contributed by atoms with Crippen molar-refractivity contribution in [2.45, 2.75) is 13.5 Å². The quantitative estimate of drug-likeness (QED) is 0.850. The molecule has 0 atom stereocenters. The number of benzene rings is 1. The first-order valence-corrected chi connectivity index (χ1v) is 7.14. The minimum atomic E-state index is -0.187. The predicted octanol–water partition coefficient (Wildman–Crippen LogP) is 2.33. The standard InChI is InChI=1S/C16H15NO2S/c1-12-7-13(3-2-5-18)9-15(8-12)16(19)17-10-14-4-6-20-11-14/h4,6-9,11,18H,5,10H2,1H3,(H,17,19). The molecule has 20 heavy (non-hydrogen) atoms. The summed E-state index contributed by atoms with van der Waals surface area (Å²) in [5.41, 5.74) is 3.38. The van der Waals surface area contributed by atoms with Gasteiger partial charge in [-0.3, -0.25) is 4.79 Å². The molecule has 1 amide bonds. The summed E-state index contributed by atoms with van der Waals surface area (Å²) in [5, 5.41) is 15.6. The van der Waals surface area contributed by atoms with Crippen LogP contribution in [0.4, 0.5) is 0 Å². The summed E-state index contributed by atoms with van der Waals surface area (Å²) in [6.07, 6.45) is 0. The highest BCUT2D eigenvalue weighted by molar-refractivity contribution is 7.07. The Balaban J connectivity index is 2.10. The van der Waals surface area contributed by atoms with Crippen LogP contribution in [-0.4, -0.2) is 17.6 Å². The van der Waals surface area contributed by atoms with Crippen molar-refractivity contribution in [2.24, 2.45) is 0 Å². The minimum absolute atomic E-state index is 0.119. The Labute approximate surface area is 122 Å². The molecule has 0 aliphatic heterocycles. The van der Waals surface area contributed by atoms with Crippen LogP contribution in [0.3, 0.4) is 0 Å². The van der Waals surface area contributed by atoms with Crippen LogP contribution in [0.2, 0.25) is 0 Å². The molecule has 0 saturated carbocycles. The van der Waals surface area contributed by atoms with Crippen LogP contribution in [0.5, 0.6) is 0 Å². The van der Waals surface area contributed by atoms with Gasteiger partial charge in [-0.1, -0.05) is 11.8 Å². The Kier molecular flexibility index (Phi) is 4.94. The van der Waals surface area contributed by atoms with Gasteiger partial charge in [0.25, 0.3) is 5.91 Å². The molecule has 0 spiro atoms. The molecule has 0 aliphatic carbocycles. The van der Waals surface area contributed by atoms with Gasteiger partial charge in [-0.25, -0.2) is 0 Å². The minimum Gasteiger partial charge on any atom is -0.384 e. The third-order valence-electron chi connectivity index (χ3n) is 2.68. The second-order valence-electron chi connectivity index (χ2n) is 4.36. The van der Waals surface area contributed by atoms with Crippen LogP contribution in [-0.2, 0) is 6.54 Å². The first-order chi connectivity index (χ1) is 9.69. The molecule has 1 aromatic heterocycles. The van der Waals surface area contributed by atoms with Gasteiger partial charge in [-0.2, -0.15) is 11.3 Å². The van der Waals surface area contributed by atoms with Crippen molar-refractivity contribution in [1.82, 2.24) is 5.32 Å². The number of hydrogen-bond donors (Lipinski definition) is 2. The summed E-state index contributed by atoms with van der Waals surface area (Å²) in [6, 6.07) is 7.43. The summed E-state index contributed by atoms with van der Waals surface area (Å²) >= 11 is 1.61. The van der Waals surface area contributed by atoms with Crippen LogP contribution >= 0.6 is 11.3 Å². The van der Waals surface area contributed by atoms with Gasteiger partial charge in [0.1, 0.15) is 6.61 Å². The molecule has 0 saturated heterocycles. The Hall–Kier alpha value is -2.09. The maximum absolute atomic E-state index is 12.1. The SMILES string of the molecule is Cc1cc(C#CCO)cc(C(=O)NCc2ccsc2)c1. The van der Waals surface area contributed by atoms with E-state index in [0.29, 0.717) is 12.1 Å². The van der Waals surface area contributed by atoms with E-state index >= 15 is 0 Å². The maximum atomic E-state index is 12.1.